The second kappa shape index (κ2) is 6.66. The Hall–Kier alpha value is -2.27. The average Bonchev–Trinajstić information content (AvgIpc) is 2.53. The molecular formula is C17H17F2NO2. The topological polar surface area (TPSA) is 38.3 Å². The van der Waals surface area contributed by atoms with Gasteiger partial charge >= 0.3 is 0 Å². The first-order valence-corrected chi connectivity index (χ1v) is 6.80. The Morgan fingerprint density at radius 1 is 1.14 bits per heavy atom. The highest BCUT2D eigenvalue weighted by Gasteiger charge is 2.29. The Morgan fingerprint density at radius 2 is 1.77 bits per heavy atom. The molecule has 0 saturated heterocycles. The van der Waals surface area contributed by atoms with Gasteiger partial charge in [0, 0.05) is 18.2 Å². The summed E-state index contributed by atoms with van der Waals surface area (Å²) in [6.45, 7) is 1.77. The molecule has 0 aliphatic heterocycles. The molecule has 22 heavy (non-hydrogen) atoms. The van der Waals surface area contributed by atoms with Crippen LogP contribution in [0.15, 0.2) is 48.5 Å². The van der Waals surface area contributed by atoms with E-state index in [2.05, 4.69) is 5.32 Å². The number of hydrogen-bond donors (Lipinski definition) is 1. The molecule has 1 unspecified atom stereocenters. The van der Waals surface area contributed by atoms with Crippen LogP contribution in [0.2, 0.25) is 0 Å². The molecule has 116 valence electrons. The minimum Gasteiger partial charge on any atom is -0.372 e. The second-order valence-corrected chi connectivity index (χ2v) is 5.10. The van der Waals surface area contributed by atoms with Crippen molar-refractivity contribution in [2.24, 2.45) is 0 Å². The van der Waals surface area contributed by atoms with Crippen LogP contribution in [0.3, 0.4) is 0 Å². The maximum atomic E-state index is 13.9. The molecule has 0 heterocycles. The van der Waals surface area contributed by atoms with Crippen LogP contribution in [0.4, 0.5) is 8.78 Å². The van der Waals surface area contributed by atoms with Gasteiger partial charge in [-0.25, -0.2) is 8.78 Å². The van der Waals surface area contributed by atoms with Gasteiger partial charge in [0.15, 0.2) is 0 Å². The van der Waals surface area contributed by atoms with Crippen LogP contribution in [-0.4, -0.2) is 19.6 Å². The molecule has 2 rings (SSSR count). The molecular weight excluding hydrogens is 288 g/mol. The van der Waals surface area contributed by atoms with E-state index < -0.39 is 17.2 Å². The maximum absolute atomic E-state index is 13.9. The fourth-order valence-corrected chi connectivity index (χ4v) is 2.12. The van der Waals surface area contributed by atoms with Crippen molar-refractivity contribution in [1.29, 1.82) is 0 Å². The van der Waals surface area contributed by atoms with Gasteiger partial charge in [-0.2, -0.15) is 0 Å². The van der Waals surface area contributed by atoms with Crippen LogP contribution < -0.4 is 5.32 Å². The number of carbonyl (C=O) groups excluding carboxylic acids is 1. The van der Waals surface area contributed by atoms with Gasteiger partial charge in [0.05, 0.1) is 6.54 Å². The van der Waals surface area contributed by atoms with Crippen LogP contribution in [-0.2, 0) is 10.3 Å². The van der Waals surface area contributed by atoms with Crippen molar-refractivity contribution in [3.8, 4) is 0 Å². The van der Waals surface area contributed by atoms with E-state index >= 15 is 0 Å². The van der Waals surface area contributed by atoms with Gasteiger partial charge < -0.3 is 10.1 Å². The van der Waals surface area contributed by atoms with Crippen molar-refractivity contribution in [2.75, 3.05) is 13.7 Å². The molecule has 5 heteroatoms. The number of amides is 1. The second-order valence-electron chi connectivity index (χ2n) is 5.10. The van der Waals surface area contributed by atoms with E-state index in [1.54, 1.807) is 25.1 Å². The van der Waals surface area contributed by atoms with Crippen LogP contribution in [0.5, 0.6) is 0 Å². The molecule has 2 aromatic carbocycles. The van der Waals surface area contributed by atoms with E-state index in [1.165, 1.54) is 37.4 Å². The highest BCUT2D eigenvalue weighted by Crippen LogP contribution is 2.26. The largest absolute Gasteiger partial charge is 0.372 e. The first-order chi connectivity index (χ1) is 10.5. The molecule has 2 aromatic rings. The minimum absolute atomic E-state index is 0.0840. The third-order valence-electron chi connectivity index (χ3n) is 3.59. The summed E-state index contributed by atoms with van der Waals surface area (Å²) in [6.07, 6.45) is 0. The molecule has 1 N–H and O–H groups in total. The molecule has 1 atom stereocenters. The molecule has 0 bridgehead atoms. The third kappa shape index (κ3) is 3.49. The summed E-state index contributed by atoms with van der Waals surface area (Å²) in [7, 11) is 1.45. The number of hydrogen-bond acceptors (Lipinski definition) is 2. The lowest BCUT2D eigenvalue weighted by Crippen LogP contribution is -2.40. The molecule has 0 aliphatic carbocycles. The average molecular weight is 305 g/mol. The Balaban J connectivity index is 2.12. The number of benzene rings is 2. The van der Waals surface area contributed by atoms with E-state index in [-0.39, 0.29) is 12.5 Å². The standard InChI is InChI=1S/C17H17F2NO2/c1-17(22-2,14-5-3-4-6-15(14)19)11-20-16(21)12-7-9-13(18)10-8-12/h3-10H,11H2,1-2H3,(H,20,21). The monoisotopic (exact) mass is 305 g/mol. The number of halogens is 2. The SMILES string of the molecule is COC(C)(CNC(=O)c1ccc(F)cc1)c1ccccc1F. The summed E-state index contributed by atoms with van der Waals surface area (Å²) in [4.78, 5) is 12.1. The van der Waals surface area contributed by atoms with Gasteiger partial charge in [0.25, 0.3) is 5.91 Å². The van der Waals surface area contributed by atoms with Crippen molar-refractivity contribution in [3.63, 3.8) is 0 Å². The van der Waals surface area contributed by atoms with Crippen LogP contribution in [0.1, 0.15) is 22.8 Å². The molecule has 3 nitrogen and oxygen atoms in total. The van der Waals surface area contributed by atoms with Crippen molar-refractivity contribution in [3.05, 3.63) is 71.3 Å². The van der Waals surface area contributed by atoms with Crippen molar-refractivity contribution in [2.45, 2.75) is 12.5 Å². The number of carbonyl (C=O) groups is 1. The first-order valence-electron chi connectivity index (χ1n) is 6.80. The molecule has 0 aliphatic rings. The van der Waals surface area contributed by atoms with Crippen LogP contribution in [0, 0.1) is 11.6 Å². The maximum Gasteiger partial charge on any atom is 0.251 e. The van der Waals surface area contributed by atoms with E-state index in [1.807, 2.05) is 0 Å². The zero-order chi connectivity index (χ0) is 16.2. The van der Waals surface area contributed by atoms with Gasteiger partial charge in [-0.15, -0.1) is 0 Å². The predicted octanol–water partition coefficient (Wildman–Crippen LogP) is 3.26. The summed E-state index contributed by atoms with van der Waals surface area (Å²) >= 11 is 0. The third-order valence-corrected chi connectivity index (χ3v) is 3.59. The van der Waals surface area contributed by atoms with Crippen molar-refractivity contribution in [1.82, 2.24) is 5.32 Å². The predicted molar refractivity (Wildman–Crippen MR) is 79.5 cm³/mol. The van der Waals surface area contributed by atoms with Crippen molar-refractivity contribution >= 4 is 5.91 Å². The van der Waals surface area contributed by atoms with Gasteiger partial charge in [-0.05, 0) is 37.3 Å². The van der Waals surface area contributed by atoms with E-state index in [9.17, 15) is 13.6 Å². The minimum atomic E-state index is -0.999. The van der Waals surface area contributed by atoms with E-state index in [4.69, 9.17) is 4.74 Å². The summed E-state index contributed by atoms with van der Waals surface area (Å²) in [5.41, 5.74) is -0.314. The number of nitrogens with one attached hydrogen (secondary N) is 1. The zero-order valence-electron chi connectivity index (χ0n) is 12.4. The van der Waals surface area contributed by atoms with Gasteiger partial charge in [0.1, 0.15) is 17.2 Å². The lowest BCUT2D eigenvalue weighted by atomic mass is 9.95. The fraction of sp³-hybridized carbons (Fsp3) is 0.235. The zero-order valence-corrected chi connectivity index (χ0v) is 12.4. The van der Waals surface area contributed by atoms with Gasteiger partial charge in [-0.1, -0.05) is 18.2 Å². The number of rotatable bonds is 5. The fourth-order valence-electron chi connectivity index (χ4n) is 2.12. The van der Waals surface area contributed by atoms with Gasteiger partial charge in [-0.3, -0.25) is 4.79 Å². The van der Waals surface area contributed by atoms with Crippen LogP contribution >= 0.6 is 0 Å². The number of methoxy groups -OCH3 is 1. The molecule has 1 amide bonds. The quantitative estimate of drug-likeness (QED) is 0.921. The summed E-state index contributed by atoms with van der Waals surface area (Å²) < 4.78 is 32.2. The van der Waals surface area contributed by atoms with Crippen molar-refractivity contribution < 1.29 is 18.3 Å². The molecule has 0 saturated carbocycles. The first kappa shape index (κ1) is 16.1. The van der Waals surface area contributed by atoms with E-state index in [0.29, 0.717) is 11.1 Å². The summed E-state index contributed by atoms with van der Waals surface area (Å²) in [6, 6.07) is 11.4. The molecule has 0 fully saturated rings. The Labute approximate surface area is 127 Å². The number of ether oxygens (including phenoxy) is 1. The molecule has 0 radical (unpaired) electrons. The summed E-state index contributed by atoms with van der Waals surface area (Å²) in [5.74, 6) is -1.19. The lowest BCUT2D eigenvalue weighted by molar-refractivity contribution is 0.000388. The lowest BCUT2D eigenvalue weighted by Gasteiger charge is -2.29. The van der Waals surface area contributed by atoms with Crippen LogP contribution in [0.25, 0.3) is 0 Å². The highest BCUT2D eigenvalue weighted by atomic mass is 19.1. The molecule has 0 spiro atoms. The summed E-state index contributed by atoms with van der Waals surface area (Å²) in [5, 5.41) is 2.68. The molecule has 0 aromatic heterocycles. The van der Waals surface area contributed by atoms with Gasteiger partial charge in [0.2, 0.25) is 0 Å². The normalized spacial score (nSPS) is 13.5. The van der Waals surface area contributed by atoms with E-state index in [0.717, 1.165) is 0 Å². The highest BCUT2D eigenvalue weighted by molar-refractivity contribution is 5.94. The Bertz CT molecular complexity index is 658. The Morgan fingerprint density at radius 3 is 2.36 bits per heavy atom. The Kier molecular flexibility index (Phi) is 4.88. The smallest absolute Gasteiger partial charge is 0.251 e.